The van der Waals surface area contributed by atoms with E-state index in [0.717, 1.165) is 6.42 Å². The number of nitrogens with one attached hydrogen (secondary N) is 1. The summed E-state index contributed by atoms with van der Waals surface area (Å²) in [5, 5.41) is 92.6. The molecule has 0 aromatic carbocycles. The molecule has 11 unspecified atom stereocenters. The average Bonchev–Trinajstić information content (AvgIpc) is 0.830. The van der Waals surface area contributed by atoms with Crippen molar-refractivity contribution in [3.63, 3.8) is 0 Å². The van der Waals surface area contributed by atoms with Crippen LogP contribution in [0.25, 0.3) is 0 Å². The Hall–Kier alpha value is 0.800. The molecule has 0 aromatic rings. The molecule has 3 fully saturated rings. The molecule has 20 atom stereocenters. The van der Waals surface area contributed by atoms with Crippen LogP contribution < -0.4 is 20.0 Å². The Labute approximate surface area is 577 Å². The zero-order chi connectivity index (χ0) is 70.5. The summed E-state index contributed by atoms with van der Waals surface area (Å²) in [7, 11) is 1.22. The molecule has 95 heavy (non-hydrogen) atoms. The molecule has 3 heterocycles. The molecule has 3 aliphatic rings. The Kier molecular flexibility index (Phi) is 46.2. The van der Waals surface area contributed by atoms with Gasteiger partial charge in [0.05, 0.1) is 117 Å². The lowest BCUT2D eigenvalue weighted by molar-refractivity contribution is -0.282. The van der Waals surface area contributed by atoms with Gasteiger partial charge in [0.25, 0.3) is 0 Å². The molecule has 0 aromatic heterocycles. The standard InChI is InChI=1S/C54H107NO32P4S4/c1-38-45(60)47(62)41(31-56)85-51(38)75-21-9-11-25-79-89(67,93)81-27-13-18-72-35-54(34-71-17-7-5-6-8-24-78-88(66,92)70-4,37-74-20-15-29-83-91(69,95)84-30-16-23-76-52-39(2)46(61)48(63)42(32-57)86-52)36-73-19-14-28-82-90(68,94)80-26-12-10-22-77-53-44(55-40(3)59)50(65)49(64)43(33-58)87-53/h38-39,41-53,56-58,60-65H,5-37H2,1-4H3,(H,55,59)(H,66,92)(H,67,93)(H,68,94)(H,69,95)/p-4/t38?,39?,41?,42?,43?,44?,45-,46-,47+,48+,49+,50-,51-,52-,53-,54?,88?,89?,90?,91?/m1/s1. The molecule has 3 saturated heterocycles. The monoisotopic (exact) mass is 1530 g/mol. The van der Waals surface area contributed by atoms with E-state index in [9.17, 15) is 70.0 Å². The van der Waals surface area contributed by atoms with Gasteiger partial charge in [0, 0.05) is 65.5 Å². The Morgan fingerprint density at radius 1 is 0.453 bits per heavy atom. The first-order valence-corrected chi connectivity index (χ1v) is 41.9. The molecule has 0 spiro atoms. The van der Waals surface area contributed by atoms with Crippen LogP contribution in [0.2, 0.25) is 0 Å². The lowest BCUT2D eigenvalue weighted by atomic mass is 9.92. The molecule has 41 heteroatoms. The molecular weight excluding hydrogens is 1430 g/mol. The first-order valence-electron chi connectivity index (χ1n) is 31.7. The summed E-state index contributed by atoms with van der Waals surface area (Å²) in [4.78, 5) is 49.7. The van der Waals surface area contributed by atoms with Gasteiger partial charge in [-0.3, -0.25) is 9.36 Å². The van der Waals surface area contributed by atoms with Gasteiger partial charge in [0.15, 0.2) is 25.7 Å². The third-order valence-corrected chi connectivity index (χ3v) is 21.5. The van der Waals surface area contributed by atoms with Crippen molar-refractivity contribution in [1.82, 2.24) is 5.32 Å². The van der Waals surface area contributed by atoms with Crippen LogP contribution >= 0.6 is 27.0 Å². The maximum Gasteiger partial charge on any atom is 0.217 e. The Balaban J connectivity index is 1.57. The zero-order valence-electron chi connectivity index (χ0n) is 54.3. The van der Waals surface area contributed by atoms with E-state index in [0.29, 0.717) is 51.6 Å². The molecule has 0 saturated carbocycles. The van der Waals surface area contributed by atoms with Crippen molar-refractivity contribution in [1.29, 1.82) is 0 Å². The lowest BCUT2D eigenvalue weighted by Gasteiger charge is -2.42. The van der Waals surface area contributed by atoms with E-state index in [1.165, 1.54) is 14.0 Å². The smallest absolute Gasteiger partial charge is 0.217 e. The number of unbranched alkanes of at least 4 members (excludes halogenated alkanes) is 5. The third kappa shape index (κ3) is 36.4. The van der Waals surface area contributed by atoms with E-state index in [4.69, 9.17) is 131 Å². The number of rotatable bonds is 56. The van der Waals surface area contributed by atoms with Gasteiger partial charge in [-0.2, -0.15) is 0 Å². The summed E-state index contributed by atoms with van der Waals surface area (Å²) in [6.45, 7) is -12.0. The van der Waals surface area contributed by atoms with Gasteiger partial charge in [-0.05, 0) is 64.2 Å². The number of amides is 1. The third-order valence-electron chi connectivity index (χ3n) is 14.9. The molecule has 0 radical (unpaired) electrons. The van der Waals surface area contributed by atoms with Crippen molar-refractivity contribution in [3.05, 3.63) is 0 Å². The van der Waals surface area contributed by atoms with Crippen LogP contribution in [0.15, 0.2) is 0 Å². The minimum Gasteiger partial charge on any atom is -0.780 e. The molecular formula is C54H103NO32P4S4-4. The zero-order valence-corrected chi connectivity index (χ0v) is 61.2. The number of hydrogen-bond donors (Lipinski definition) is 10. The summed E-state index contributed by atoms with van der Waals surface area (Å²) in [6, 6.07) is -1.11. The summed E-state index contributed by atoms with van der Waals surface area (Å²) in [6.07, 6.45) is -8.96. The maximum atomic E-state index is 13.0. The summed E-state index contributed by atoms with van der Waals surface area (Å²) < 4.78 is 114. The fourth-order valence-electron chi connectivity index (χ4n) is 9.45. The molecule has 3 aliphatic heterocycles. The highest BCUT2D eigenvalue weighted by Crippen LogP contribution is 2.46. The van der Waals surface area contributed by atoms with E-state index in [-0.39, 0.29) is 138 Å². The number of hydrogen-bond acceptors (Lipinski definition) is 36. The molecule has 3 rings (SSSR count). The van der Waals surface area contributed by atoms with Crippen LogP contribution in [-0.4, -0.2) is 278 Å². The number of carbonyl (C=O) groups excluding carboxylic acids is 1. The van der Waals surface area contributed by atoms with Crippen molar-refractivity contribution in [2.75, 3.05) is 146 Å². The minimum atomic E-state index is -3.96. The van der Waals surface area contributed by atoms with E-state index in [1.807, 2.05) is 0 Å². The largest absolute Gasteiger partial charge is 0.780 e. The van der Waals surface area contributed by atoms with Crippen LogP contribution in [0.4, 0.5) is 0 Å². The Morgan fingerprint density at radius 2 is 0.747 bits per heavy atom. The predicted octanol–water partition coefficient (Wildman–Crippen LogP) is -0.964. The average molecular weight is 1530 g/mol. The van der Waals surface area contributed by atoms with Crippen molar-refractivity contribution >= 4 is 80.5 Å². The van der Waals surface area contributed by atoms with Gasteiger partial charge < -0.3 is 162 Å². The quantitative estimate of drug-likeness (QED) is 0.0199. The molecule has 33 nitrogen and oxygen atoms in total. The van der Waals surface area contributed by atoms with Crippen LogP contribution in [0, 0.1) is 17.3 Å². The predicted molar refractivity (Wildman–Crippen MR) is 345 cm³/mol. The van der Waals surface area contributed by atoms with Crippen LogP contribution in [0.3, 0.4) is 0 Å². The first kappa shape index (κ1) is 90.0. The van der Waals surface area contributed by atoms with Gasteiger partial charge in [0.2, 0.25) is 5.91 Å². The fraction of sp³-hybridized carbons (Fsp3) is 0.981. The van der Waals surface area contributed by atoms with Crippen molar-refractivity contribution < 1.29 is 154 Å². The second kappa shape index (κ2) is 48.8. The van der Waals surface area contributed by atoms with E-state index in [2.05, 4.69) is 5.32 Å². The normalized spacial score (nSPS) is 29.8. The highest BCUT2D eigenvalue weighted by Gasteiger charge is 2.46. The summed E-state index contributed by atoms with van der Waals surface area (Å²) >= 11 is 20.1. The number of ether oxygens (including phenoxy) is 10. The highest BCUT2D eigenvalue weighted by atomic mass is 32.7. The van der Waals surface area contributed by atoms with Crippen LogP contribution in [-0.2, 0) is 141 Å². The number of aliphatic hydroxyl groups is 9. The van der Waals surface area contributed by atoms with Gasteiger partial charge in [-0.1, -0.05) is 62.1 Å². The number of carbonyl (C=O) groups is 1. The SMILES string of the molecule is COP([O-])(=S)OCCCCCCOCC(COCCCOP(=O)([S-])OCCCCO[C@@H]1OC(CO)[C@H](O)[C@H](O)C1C)(COCCCOP([O-])(=S)OCCCCO[C@@H]1OC(CO)[C@H](O)[C@H](O)C1NC(C)=O)COCCCOP([O-])(=S)OCCCO[C@@H]1OC(CO)[C@H](O)[C@H](O)C1C. The molecule has 10 N–H and O–H groups in total. The summed E-state index contributed by atoms with van der Waals surface area (Å²) in [5.74, 6) is -1.67. The fourth-order valence-corrected chi connectivity index (χ4v) is 13.8. The van der Waals surface area contributed by atoms with Crippen LogP contribution in [0.1, 0.15) is 97.8 Å². The van der Waals surface area contributed by atoms with Crippen molar-refractivity contribution in [3.8, 4) is 0 Å². The van der Waals surface area contributed by atoms with Crippen molar-refractivity contribution in [2.24, 2.45) is 17.3 Å². The Bertz CT molecular complexity index is 2260. The van der Waals surface area contributed by atoms with E-state index >= 15 is 0 Å². The number of aliphatic hydroxyl groups excluding tert-OH is 9. The van der Waals surface area contributed by atoms with Crippen LogP contribution in [0.5, 0.6) is 0 Å². The van der Waals surface area contributed by atoms with Gasteiger partial charge in [-0.25, -0.2) is 0 Å². The van der Waals surface area contributed by atoms with Gasteiger partial charge in [-0.15, -0.1) is 0 Å². The first-order chi connectivity index (χ1) is 45.1. The topological polar surface area (TPSA) is 464 Å². The lowest BCUT2D eigenvalue weighted by Crippen LogP contribution is -2.64. The molecule has 1 amide bonds. The maximum absolute atomic E-state index is 13.0. The van der Waals surface area contributed by atoms with Gasteiger partial charge in [0.1, 0.15) is 68.9 Å². The molecule has 564 valence electrons. The molecule has 0 bridgehead atoms. The highest BCUT2D eigenvalue weighted by molar-refractivity contribution is 8.32. The Morgan fingerprint density at radius 3 is 1.15 bits per heavy atom. The second-order valence-corrected chi connectivity index (χ2v) is 34.1. The summed E-state index contributed by atoms with van der Waals surface area (Å²) in [5.41, 5.74) is -0.990. The van der Waals surface area contributed by atoms with E-state index in [1.54, 1.807) is 13.8 Å². The molecule has 0 aliphatic carbocycles. The second-order valence-electron chi connectivity index (χ2n) is 22.9. The van der Waals surface area contributed by atoms with Crippen molar-refractivity contribution in [2.45, 2.75) is 178 Å². The minimum absolute atomic E-state index is 0.000265. The van der Waals surface area contributed by atoms with E-state index < -0.39 is 150 Å². The van der Waals surface area contributed by atoms with Gasteiger partial charge >= 0.3 is 0 Å².